The third kappa shape index (κ3) is 24.8. The lowest BCUT2D eigenvalue weighted by molar-refractivity contribution is -0.130. The first kappa shape index (κ1) is 37.0. The fourth-order valence-electron chi connectivity index (χ4n) is 3.77. The van der Waals surface area contributed by atoms with Gasteiger partial charge in [-0.2, -0.15) is 8.42 Å². The van der Waals surface area contributed by atoms with E-state index >= 15 is 0 Å². The van der Waals surface area contributed by atoms with Crippen LogP contribution in [0, 0.1) is 0 Å². The summed E-state index contributed by atoms with van der Waals surface area (Å²) >= 11 is 0. The number of nitrogens with one attached hydrogen (secondary N) is 1. The number of aliphatic hydroxyl groups excluding tert-OH is 2. The van der Waals surface area contributed by atoms with Gasteiger partial charge in [0.05, 0.1) is 17.9 Å². The fourth-order valence-corrected chi connectivity index (χ4v) is 4.50. The molecule has 8 heteroatoms. The van der Waals surface area contributed by atoms with Gasteiger partial charge in [-0.1, -0.05) is 107 Å². The highest BCUT2D eigenvalue weighted by molar-refractivity contribution is 7.85. The predicted octanol–water partition coefficient (Wildman–Crippen LogP) is 6.36. The van der Waals surface area contributed by atoms with Crippen molar-refractivity contribution in [2.45, 2.75) is 122 Å². The summed E-state index contributed by atoms with van der Waals surface area (Å²) in [5, 5.41) is 22.9. The van der Waals surface area contributed by atoms with Crippen molar-refractivity contribution in [2.75, 3.05) is 5.75 Å². The molecular weight excluding hydrogens is 514 g/mol. The van der Waals surface area contributed by atoms with E-state index in [4.69, 9.17) is 0 Å². The summed E-state index contributed by atoms with van der Waals surface area (Å²) in [6, 6.07) is -1.28. The van der Waals surface area contributed by atoms with E-state index in [9.17, 15) is 28.0 Å². The number of hydrogen-bond donors (Lipinski definition) is 4. The van der Waals surface area contributed by atoms with Gasteiger partial charge < -0.3 is 15.5 Å². The lowest BCUT2D eigenvalue weighted by Crippen LogP contribution is -2.50. The molecule has 39 heavy (non-hydrogen) atoms. The number of rotatable bonds is 24. The van der Waals surface area contributed by atoms with Crippen molar-refractivity contribution in [2.24, 2.45) is 0 Å². The Kier molecular flexibility index (Phi) is 23.7. The molecule has 224 valence electrons. The first-order valence-electron chi connectivity index (χ1n) is 14.6. The van der Waals surface area contributed by atoms with Crippen molar-refractivity contribution in [3.63, 3.8) is 0 Å². The van der Waals surface area contributed by atoms with Crippen LogP contribution in [0.5, 0.6) is 0 Å². The highest BCUT2D eigenvalue weighted by atomic mass is 32.2. The molecule has 0 spiro atoms. The SMILES string of the molecule is CC/C=C/CC/C=C/CC/C=C/C(O)C(CS(=O)(=O)O)NC(=O)C(O)C/C=C\C/C=C\CCCCCCCC. The largest absolute Gasteiger partial charge is 0.387 e. The fraction of sp³-hybridized carbons (Fsp3) is 0.645. The van der Waals surface area contributed by atoms with Gasteiger partial charge in [0.1, 0.15) is 6.10 Å². The maximum atomic E-state index is 12.4. The smallest absolute Gasteiger partial charge is 0.267 e. The molecule has 0 heterocycles. The Morgan fingerprint density at radius 2 is 1.31 bits per heavy atom. The predicted molar refractivity (Wildman–Crippen MR) is 162 cm³/mol. The first-order chi connectivity index (χ1) is 18.7. The van der Waals surface area contributed by atoms with Gasteiger partial charge in [0.15, 0.2) is 0 Å². The molecule has 3 unspecified atom stereocenters. The van der Waals surface area contributed by atoms with Crippen LogP contribution in [0.1, 0.15) is 104 Å². The van der Waals surface area contributed by atoms with Gasteiger partial charge in [-0.3, -0.25) is 9.35 Å². The normalized spacial score (nSPS) is 15.3. The quantitative estimate of drug-likeness (QED) is 0.0611. The number of amides is 1. The van der Waals surface area contributed by atoms with Gasteiger partial charge in [-0.25, -0.2) is 0 Å². The third-order valence-electron chi connectivity index (χ3n) is 6.02. The molecule has 4 N–H and O–H groups in total. The Bertz CT molecular complexity index is 860. The highest BCUT2D eigenvalue weighted by Gasteiger charge is 2.27. The van der Waals surface area contributed by atoms with Gasteiger partial charge in [0, 0.05) is 6.42 Å². The van der Waals surface area contributed by atoms with E-state index in [0.29, 0.717) is 12.8 Å². The van der Waals surface area contributed by atoms with Crippen LogP contribution < -0.4 is 5.32 Å². The minimum atomic E-state index is -4.46. The molecule has 0 aliphatic heterocycles. The maximum Gasteiger partial charge on any atom is 0.267 e. The van der Waals surface area contributed by atoms with Gasteiger partial charge in [-0.15, -0.1) is 0 Å². The van der Waals surface area contributed by atoms with Gasteiger partial charge >= 0.3 is 0 Å². The molecule has 0 aliphatic rings. The van der Waals surface area contributed by atoms with E-state index in [1.165, 1.54) is 44.6 Å². The summed E-state index contributed by atoms with van der Waals surface area (Å²) in [5.74, 6) is -1.67. The van der Waals surface area contributed by atoms with E-state index in [0.717, 1.165) is 32.1 Å². The Hall–Kier alpha value is -2.00. The van der Waals surface area contributed by atoms with Crippen molar-refractivity contribution in [1.29, 1.82) is 0 Å². The second-order valence-electron chi connectivity index (χ2n) is 9.77. The molecule has 0 aromatic carbocycles. The van der Waals surface area contributed by atoms with Crippen LogP contribution in [0.4, 0.5) is 0 Å². The van der Waals surface area contributed by atoms with E-state index in [1.807, 2.05) is 12.2 Å². The summed E-state index contributed by atoms with van der Waals surface area (Å²) in [7, 11) is -4.46. The second kappa shape index (κ2) is 25.0. The average molecular weight is 568 g/mol. The van der Waals surface area contributed by atoms with Gasteiger partial charge in [0.2, 0.25) is 5.91 Å². The molecule has 0 bridgehead atoms. The monoisotopic (exact) mass is 567 g/mol. The molecule has 7 nitrogen and oxygen atoms in total. The van der Waals surface area contributed by atoms with E-state index in [-0.39, 0.29) is 6.42 Å². The number of hydrogen-bond acceptors (Lipinski definition) is 5. The third-order valence-corrected chi connectivity index (χ3v) is 6.80. The Balaban J connectivity index is 4.48. The van der Waals surface area contributed by atoms with Crippen molar-refractivity contribution in [3.8, 4) is 0 Å². The summed E-state index contributed by atoms with van der Waals surface area (Å²) in [6.45, 7) is 4.30. The lowest BCUT2D eigenvalue weighted by atomic mass is 10.1. The molecule has 0 aliphatic carbocycles. The molecule has 1 amide bonds. The van der Waals surface area contributed by atoms with Crippen LogP contribution in [-0.2, 0) is 14.9 Å². The van der Waals surface area contributed by atoms with Crippen LogP contribution in [-0.4, -0.2) is 53.1 Å². The van der Waals surface area contributed by atoms with Crippen molar-refractivity contribution in [1.82, 2.24) is 5.32 Å². The summed E-state index contributed by atoms with van der Waals surface area (Å²) in [4.78, 5) is 12.4. The molecule has 0 aromatic rings. The Labute approximate surface area is 237 Å². The minimum Gasteiger partial charge on any atom is -0.387 e. The van der Waals surface area contributed by atoms with Crippen LogP contribution >= 0.6 is 0 Å². The van der Waals surface area contributed by atoms with Gasteiger partial charge in [-0.05, 0) is 51.4 Å². The number of allylic oxidation sites excluding steroid dienone is 8. The summed E-state index contributed by atoms with van der Waals surface area (Å²) in [5.41, 5.74) is 0. The number of unbranched alkanes of at least 4 members (excludes halogenated alkanes) is 8. The zero-order valence-electron chi connectivity index (χ0n) is 24.1. The van der Waals surface area contributed by atoms with Crippen molar-refractivity contribution in [3.05, 3.63) is 60.8 Å². The van der Waals surface area contributed by atoms with Crippen LogP contribution in [0.2, 0.25) is 0 Å². The minimum absolute atomic E-state index is 0.0577. The standard InChI is InChI=1S/C31H53NO6S/c1-3-5-7-9-11-13-15-16-18-20-22-24-26-30(34)31(35)32-28(27-39(36,37)38)29(33)25-23-21-19-17-14-12-10-8-6-4-2/h6,8,14,16-18,22-25,28-30,33-34H,3-5,7,9-13,15,19-21,26-27H2,1-2H3,(H,32,35)(H,36,37,38)/b8-6+,17-14+,18-16-,24-22-,25-23+. The second-order valence-corrected chi connectivity index (χ2v) is 11.3. The zero-order chi connectivity index (χ0) is 29.2. The zero-order valence-corrected chi connectivity index (χ0v) is 24.9. The summed E-state index contributed by atoms with van der Waals surface area (Å²) in [6.07, 6.45) is 30.3. The number of aliphatic hydroxyl groups is 2. The number of carbonyl (C=O) groups excluding carboxylic acids is 1. The van der Waals surface area contributed by atoms with E-state index in [1.54, 1.807) is 12.2 Å². The topological polar surface area (TPSA) is 124 Å². The first-order valence-corrected chi connectivity index (χ1v) is 16.2. The molecule has 0 rings (SSSR count). The molecule has 0 radical (unpaired) electrons. The molecular formula is C31H53NO6S. The molecule has 0 saturated heterocycles. The average Bonchev–Trinajstić information content (AvgIpc) is 2.88. The molecule has 0 aromatic heterocycles. The highest BCUT2D eigenvalue weighted by Crippen LogP contribution is 2.08. The van der Waals surface area contributed by atoms with E-state index < -0.39 is 40.0 Å². The molecule has 0 fully saturated rings. The molecule has 0 saturated carbocycles. The maximum absolute atomic E-state index is 12.4. The van der Waals surface area contributed by atoms with Gasteiger partial charge in [0.25, 0.3) is 10.1 Å². The van der Waals surface area contributed by atoms with E-state index in [2.05, 4.69) is 49.5 Å². The van der Waals surface area contributed by atoms with Crippen LogP contribution in [0.25, 0.3) is 0 Å². The molecule has 3 atom stereocenters. The van der Waals surface area contributed by atoms with Crippen LogP contribution in [0.3, 0.4) is 0 Å². The summed E-state index contributed by atoms with van der Waals surface area (Å²) < 4.78 is 32.1. The Morgan fingerprint density at radius 3 is 1.95 bits per heavy atom. The van der Waals surface area contributed by atoms with Crippen molar-refractivity contribution >= 4 is 16.0 Å². The van der Waals surface area contributed by atoms with Crippen LogP contribution in [0.15, 0.2) is 60.8 Å². The Morgan fingerprint density at radius 1 is 0.744 bits per heavy atom. The lowest BCUT2D eigenvalue weighted by Gasteiger charge is -2.22. The van der Waals surface area contributed by atoms with Crippen molar-refractivity contribution < 1.29 is 28.0 Å². The number of carbonyl (C=O) groups is 1.